The summed E-state index contributed by atoms with van der Waals surface area (Å²) in [7, 11) is 1.77. The fourth-order valence-electron chi connectivity index (χ4n) is 12.4. The number of likely N-dealkylation sites (tertiary alicyclic amines) is 2. The van der Waals surface area contributed by atoms with Gasteiger partial charge in [-0.2, -0.15) is 0 Å². The molecule has 0 spiro atoms. The molecule has 0 radical (unpaired) electrons. The van der Waals surface area contributed by atoms with Crippen molar-refractivity contribution in [2.75, 3.05) is 93.1 Å². The van der Waals surface area contributed by atoms with Gasteiger partial charge in [0.15, 0.2) is 12.4 Å². The molecule has 16 heteroatoms. The van der Waals surface area contributed by atoms with E-state index >= 15 is 0 Å². The molecule has 0 bridgehead atoms. The van der Waals surface area contributed by atoms with Crippen molar-refractivity contribution < 1.29 is 65.5 Å². The molecule has 2 saturated carbocycles. The summed E-state index contributed by atoms with van der Waals surface area (Å²) in [6.45, 7) is 83.3. The number of imide groups is 1. The lowest BCUT2D eigenvalue weighted by Gasteiger charge is -2.33. The lowest BCUT2D eigenvalue weighted by molar-refractivity contribution is -0.149. The summed E-state index contributed by atoms with van der Waals surface area (Å²) in [5, 5.41) is 0. The first-order valence-corrected chi connectivity index (χ1v) is 43.9. The van der Waals surface area contributed by atoms with Gasteiger partial charge in [0.25, 0.3) is 0 Å². The first-order valence-electron chi connectivity index (χ1n) is 43.9. The Kier molecular flexibility index (Phi) is 54.8. The summed E-state index contributed by atoms with van der Waals surface area (Å²) in [4.78, 5) is 49.0. The highest BCUT2D eigenvalue weighted by molar-refractivity contribution is 5.96. The molecule has 13 nitrogen and oxygen atoms in total. The topological polar surface area (TPSA) is 139 Å². The van der Waals surface area contributed by atoms with E-state index in [0.717, 1.165) is 102 Å². The van der Waals surface area contributed by atoms with Crippen LogP contribution in [0.1, 0.15) is 396 Å². The highest BCUT2D eigenvalue weighted by Gasteiger charge is 2.51. The molecular weight excluding hydrogens is 1400 g/mol. The van der Waals surface area contributed by atoms with E-state index in [2.05, 4.69) is 166 Å². The van der Waals surface area contributed by atoms with Gasteiger partial charge in [-0.3, -0.25) is 23.7 Å². The van der Waals surface area contributed by atoms with Crippen molar-refractivity contribution in [1.29, 1.82) is 0 Å². The van der Waals surface area contributed by atoms with Crippen LogP contribution in [0.3, 0.4) is 0 Å². The molecule has 3 amide bonds. The Bertz CT molecular complexity index is 2350. The predicted octanol–water partition coefficient (Wildman–Crippen LogP) is 26.5. The summed E-state index contributed by atoms with van der Waals surface area (Å²) in [6, 6.07) is 0. The number of alkyl halides is 3. The normalized spacial score (nSPS) is 20.6. The van der Waals surface area contributed by atoms with Crippen molar-refractivity contribution in [3.05, 3.63) is 0 Å². The minimum Gasteiger partial charge on any atom is -0.436 e. The molecule has 6 saturated heterocycles. The number of halogens is 3. The van der Waals surface area contributed by atoms with Crippen molar-refractivity contribution in [2.24, 2.45) is 83.2 Å². The van der Waals surface area contributed by atoms with Crippen molar-refractivity contribution >= 4 is 23.7 Å². The van der Waals surface area contributed by atoms with Gasteiger partial charge in [-0.1, -0.05) is 254 Å². The van der Waals surface area contributed by atoms with E-state index in [1.165, 1.54) is 120 Å². The van der Waals surface area contributed by atoms with Crippen molar-refractivity contribution in [2.45, 2.75) is 414 Å². The van der Waals surface area contributed by atoms with Crippen molar-refractivity contribution in [3.8, 4) is 0 Å². The molecule has 0 aromatic carbocycles. The van der Waals surface area contributed by atoms with Crippen molar-refractivity contribution in [3.63, 3.8) is 0 Å². The average Bonchev–Trinajstić information content (AvgIpc) is 1.67. The Labute approximate surface area is 686 Å². The standard InChI is InChI=1S/C10H17NO2.C10H19NO.C10H20O.C10H22O.2C9H18O.C8H14O3.C8H16O.C8H16.C7H15F.C6H12F2/c1-10(2,3)7-9(13)11-6-4-5-8(11)12;1-10(2,3)8-9(12)11-6-4-5-7-11;1-10(2,3)6-7-11-8-9-4-5-9;1-10(2,3)8-6-5-7-9-11-4;1-9(2,3)8-4-6-10-7-5-8;1-9(2,3)7-8-5-4-6-10-8;1-7(2,3)8(4)6(9)10-5-11-8;1-8(2,3)7-4-5-9-6-7;1-8(2,3)6-7-4-5-7;1-7(2,3)5-4-6-8;1-6(2,3)4-5(7)8/h4-7H2,1-3H3;4-8H2,1-3H3;9H,4-8H2,1-3H3;5-9H2,1-4H3;2*8H,4-7H2,1-3H3;5H2,1-4H3;7H,4-6H2,1-3H3;7H,4-6H2,1-3H3;4-6H2,1-3H3;5H,4H2,1-3H3. The van der Waals surface area contributed by atoms with Gasteiger partial charge in [0.05, 0.1) is 12.8 Å². The number of hydrogen-bond acceptors (Lipinski definition) is 11. The molecule has 8 aliphatic rings. The summed E-state index contributed by atoms with van der Waals surface area (Å²) in [5.74, 6) is 3.72. The van der Waals surface area contributed by atoms with Crippen LogP contribution in [-0.4, -0.2) is 145 Å². The zero-order valence-electron chi connectivity index (χ0n) is 79.9. The number of unbranched alkanes of at least 4 members (excludes halogenated alkanes) is 2. The molecule has 0 N–H and O–H groups in total. The van der Waals surface area contributed by atoms with Gasteiger partial charge in [0, 0.05) is 111 Å². The summed E-state index contributed by atoms with van der Waals surface area (Å²) in [6.07, 6.45) is 26.1. The Morgan fingerprint density at radius 2 is 0.973 bits per heavy atom. The maximum atomic E-state index is 11.6. The fraction of sp³-hybridized carbons (Fsp3) is 0.958. The van der Waals surface area contributed by atoms with Crippen LogP contribution in [0.2, 0.25) is 0 Å². The van der Waals surface area contributed by atoms with E-state index in [-0.39, 0.29) is 59.3 Å². The van der Waals surface area contributed by atoms with Gasteiger partial charge < -0.3 is 38.1 Å². The van der Waals surface area contributed by atoms with Gasteiger partial charge in [0.1, 0.15) is 0 Å². The maximum Gasteiger partial charge on any atom is 0.340 e. The molecule has 111 heavy (non-hydrogen) atoms. The molecule has 8 fully saturated rings. The van der Waals surface area contributed by atoms with Crippen LogP contribution in [0.25, 0.3) is 0 Å². The summed E-state index contributed by atoms with van der Waals surface area (Å²) < 4.78 is 71.2. The van der Waals surface area contributed by atoms with E-state index in [9.17, 15) is 32.3 Å². The van der Waals surface area contributed by atoms with Crippen LogP contribution in [0.5, 0.6) is 0 Å². The first kappa shape index (κ1) is 113. The van der Waals surface area contributed by atoms with Crippen LogP contribution in [0, 0.1) is 83.2 Å². The minimum absolute atomic E-state index is 0.00532. The number of methoxy groups -OCH3 is 1. The van der Waals surface area contributed by atoms with Crippen molar-refractivity contribution in [1.82, 2.24) is 9.80 Å². The zero-order chi connectivity index (χ0) is 86.7. The molecule has 664 valence electrons. The smallest absolute Gasteiger partial charge is 0.340 e. The molecule has 0 aromatic rings. The van der Waals surface area contributed by atoms with Crippen LogP contribution in [0.15, 0.2) is 0 Å². The van der Waals surface area contributed by atoms with E-state index in [1.807, 2.05) is 46.4 Å². The average molecular weight is 1590 g/mol. The SMILES string of the molecule is CC(C)(C)C1(C)OCOC1=O.CC(C)(C)C1CCOC1.CC(C)(C)C1CCOCC1.CC(C)(C)CC(=O)N1CCCC1.CC(C)(C)CC(=O)N1CCCC1=O.CC(C)(C)CC(F)F.CC(C)(C)CC1CC1.CC(C)(C)CC1CCCO1.CC(C)(C)CCCF.CC(C)(C)CCOCC1CC1.COCCCCCC(C)(C)C. The molecule has 0 aromatic heterocycles. The molecule has 8 rings (SSSR count). The number of carbonyl (C=O) groups is 4. The van der Waals surface area contributed by atoms with Gasteiger partial charge in [-0.05, 0) is 194 Å². The van der Waals surface area contributed by atoms with Gasteiger partial charge in [-0.15, -0.1) is 0 Å². The quantitative estimate of drug-likeness (QED) is 0.108. The van der Waals surface area contributed by atoms with Crippen LogP contribution >= 0.6 is 0 Å². The maximum absolute atomic E-state index is 11.6. The number of rotatable bonds is 16. The number of amides is 3. The van der Waals surface area contributed by atoms with E-state index in [4.69, 9.17) is 33.2 Å². The zero-order valence-corrected chi connectivity index (χ0v) is 79.9. The number of cyclic esters (lactones) is 1. The highest BCUT2D eigenvalue weighted by atomic mass is 19.3. The first-order chi connectivity index (χ1) is 50.2. The minimum atomic E-state index is -2.16. The highest BCUT2D eigenvalue weighted by Crippen LogP contribution is 2.41. The second-order valence-electron chi connectivity index (χ2n) is 46.1. The third-order valence-electron chi connectivity index (χ3n) is 20.3. The molecule has 3 unspecified atom stereocenters. The number of nitrogens with zero attached hydrogens (tertiary/aromatic N) is 2. The number of ether oxygens (including phenoxy) is 7. The molecule has 2 aliphatic carbocycles. The molecular formula is C95H187F3N2O11. The lowest BCUT2D eigenvalue weighted by atomic mass is 9.76. The Hall–Kier alpha value is -2.37. The summed E-state index contributed by atoms with van der Waals surface area (Å²) >= 11 is 0. The monoisotopic (exact) mass is 1590 g/mol. The Balaban J connectivity index is -0.00000116. The number of carbonyl (C=O) groups excluding carboxylic acids is 4. The largest absolute Gasteiger partial charge is 0.436 e. The number of hydrogen-bond donors (Lipinski definition) is 0. The number of esters is 1. The van der Waals surface area contributed by atoms with Crippen LogP contribution in [-0.2, 0) is 52.3 Å². The third-order valence-corrected chi connectivity index (χ3v) is 20.3. The van der Waals surface area contributed by atoms with Crippen LogP contribution < -0.4 is 0 Å². The third kappa shape index (κ3) is 70.4. The second-order valence-corrected chi connectivity index (χ2v) is 46.1. The van der Waals surface area contributed by atoms with Gasteiger partial charge in [0.2, 0.25) is 24.1 Å². The Morgan fingerprint density at radius 3 is 1.27 bits per heavy atom. The molecule has 3 atom stereocenters. The van der Waals surface area contributed by atoms with E-state index < -0.39 is 12.0 Å². The molecule has 6 aliphatic heterocycles. The predicted molar refractivity (Wildman–Crippen MR) is 463 cm³/mol. The van der Waals surface area contributed by atoms with Gasteiger partial charge in [-0.25, -0.2) is 13.6 Å². The lowest BCUT2D eigenvalue weighted by Crippen LogP contribution is -2.45. The fourth-order valence-corrected chi connectivity index (χ4v) is 12.4. The second kappa shape index (κ2) is 53.9. The van der Waals surface area contributed by atoms with Crippen LogP contribution in [0.4, 0.5) is 13.2 Å². The molecule has 6 heterocycles. The summed E-state index contributed by atoms with van der Waals surface area (Å²) in [5.41, 5.74) is 2.13. The van der Waals surface area contributed by atoms with E-state index in [0.29, 0.717) is 82.1 Å². The Morgan fingerprint density at radius 1 is 0.495 bits per heavy atom. The van der Waals surface area contributed by atoms with Gasteiger partial charge >= 0.3 is 5.97 Å². The van der Waals surface area contributed by atoms with E-state index in [1.54, 1.807) is 34.8 Å².